The van der Waals surface area contributed by atoms with E-state index in [9.17, 15) is 4.79 Å². The number of rotatable bonds is 6. The van der Waals surface area contributed by atoms with Gasteiger partial charge in [0.2, 0.25) is 0 Å². The Morgan fingerprint density at radius 1 is 1.33 bits per heavy atom. The van der Waals surface area contributed by atoms with Crippen LogP contribution in [0.15, 0.2) is 40.8 Å². The highest BCUT2D eigenvalue weighted by Crippen LogP contribution is 2.31. The lowest BCUT2D eigenvalue weighted by Crippen LogP contribution is -2.46. The number of aliphatic hydroxyl groups excluding tert-OH is 1. The highest BCUT2D eigenvalue weighted by atomic mass is 32.1. The molecule has 1 atom stereocenters. The van der Waals surface area contributed by atoms with Crippen molar-refractivity contribution in [3.63, 3.8) is 0 Å². The van der Waals surface area contributed by atoms with Crippen molar-refractivity contribution in [2.75, 3.05) is 6.61 Å². The van der Waals surface area contributed by atoms with E-state index in [1.165, 1.54) is 11.3 Å². The van der Waals surface area contributed by atoms with Gasteiger partial charge in [-0.25, -0.2) is 4.98 Å². The topological polar surface area (TPSA) is 75.4 Å². The van der Waals surface area contributed by atoms with Gasteiger partial charge in [0.05, 0.1) is 10.2 Å². The maximum atomic E-state index is 12.4. The third-order valence-corrected chi connectivity index (χ3v) is 5.24. The highest BCUT2D eigenvalue weighted by Gasteiger charge is 2.26. The maximum absolute atomic E-state index is 12.4. The van der Waals surface area contributed by atoms with Gasteiger partial charge in [0, 0.05) is 12.1 Å². The molecule has 2 aromatic heterocycles. The Bertz CT molecular complexity index is 822. The molecule has 24 heavy (non-hydrogen) atoms. The summed E-state index contributed by atoms with van der Waals surface area (Å²) in [7, 11) is 0. The highest BCUT2D eigenvalue weighted by molar-refractivity contribution is 7.21. The molecule has 2 N–H and O–H groups in total. The van der Waals surface area contributed by atoms with Gasteiger partial charge in [0.25, 0.3) is 5.91 Å². The van der Waals surface area contributed by atoms with E-state index in [1.54, 1.807) is 12.1 Å². The van der Waals surface area contributed by atoms with Crippen LogP contribution in [0.25, 0.3) is 21.0 Å². The van der Waals surface area contributed by atoms with Gasteiger partial charge in [-0.3, -0.25) is 4.79 Å². The molecule has 1 unspecified atom stereocenters. The number of nitrogens with one attached hydrogen (secondary N) is 1. The smallest absolute Gasteiger partial charge is 0.287 e. The van der Waals surface area contributed by atoms with Crippen LogP contribution in [0.1, 0.15) is 37.2 Å². The average molecular weight is 344 g/mol. The summed E-state index contributed by atoms with van der Waals surface area (Å²) >= 11 is 1.53. The molecule has 0 bridgehead atoms. The summed E-state index contributed by atoms with van der Waals surface area (Å²) in [4.78, 5) is 16.9. The number of para-hydroxylation sites is 1. The summed E-state index contributed by atoms with van der Waals surface area (Å²) in [6, 6.07) is 11.3. The molecule has 3 aromatic rings. The Labute approximate surface area is 144 Å². The molecular weight excluding hydrogens is 324 g/mol. The molecule has 5 nitrogen and oxygen atoms in total. The first-order valence-electron chi connectivity index (χ1n) is 7.94. The maximum Gasteiger partial charge on any atom is 0.287 e. The van der Waals surface area contributed by atoms with E-state index < -0.39 is 5.54 Å². The van der Waals surface area contributed by atoms with E-state index >= 15 is 0 Å². The van der Waals surface area contributed by atoms with Crippen molar-refractivity contribution < 1.29 is 14.3 Å². The number of carbonyl (C=O) groups is 1. The van der Waals surface area contributed by atoms with Crippen molar-refractivity contribution in [3.05, 3.63) is 42.2 Å². The van der Waals surface area contributed by atoms with Crippen molar-refractivity contribution in [1.29, 1.82) is 0 Å². The lowest BCUT2D eigenvalue weighted by atomic mass is 9.95. The van der Waals surface area contributed by atoms with Crippen LogP contribution in [0.2, 0.25) is 0 Å². The fourth-order valence-corrected chi connectivity index (χ4v) is 3.39. The molecule has 2 heterocycles. The summed E-state index contributed by atoms with van der Waals surface area (Å²) in [6.07, 6.45) is 1.23. The fourth-order valence-electron chi connectivity index (χ4n) is 2.46. The van der Waals surface area contributed by atoms with Crippen molar-refractivity contribution in [2.45, 2.75) is 32.2 Å². The van der Waals surface area contributed by atoms with E-state index in [0.717, 1.165) is 21.6 Å². The normalized spacial score (nSPS) is 13.8. The molecule has 0 aliphatic carbocycles. The van der Waals surface area contributed by atoms with Gasteiger partial charge < -0.3 is 14.8 Å². The summed E-state index contributed by atoms with van der Waals surface area (Å²) in [6.45, 7) is 3.92. The number of hydrogen-bond acceptors (Lipinski definition) is 5. The zero-order chi connectivity index (χ0) is 17.2. The minimum atomic E-state index is -0.450. The van der Waals surface area contributed by atoms with Crippen LogP contribution in [0.3, 0.4) is 0 Å². The fraction of sp³-hybridized carbons (Fsp3) is 0.333. The van der Waals surface area contributed by atoms with Gasteiger partial charge in [0.15, 0.2) is 16.5 Å². The van der Waals surface area contributed by atoms with E-state index in [0.29, 0.717) is 12.2 Å². The van der Waals surface area contributed by atoms with Gasteiger partial charge in [-0.15, -0.1) is 11.3 Å². The van der Waals surface area contributed by atoms with E-state index in [2.05, 4.69) is 10.3 Å². The van der Waals surface area contributed by atoms with Crippen LogP contribution in [-0.4, -0.2) is 28.1 Å². The molecule has 0 spiro atoms. The number of furan rings is 1. The molecule has 1 aromatic carbocycles. The van der Waals surface area contributed by atoms with Gasteiger partial charge in [-0.05, 0) is 44.0 Å². The summed E-state index contributed by atoms with van der Waals surface area (Å²) in [5.41, 5.74) is 0.468. The number of carbonyl (C=O) groups excluding carboxylic acids is 1. The van der Waals surface area contributed by atoms with Crippen molar-refractivity contribution in [1.82, 2.24) is 10.3 Å². The molecule has 0 fully saturated rings. The van der Waals surface area contributed by atoms with Gasteiger partial charge in [0.1, 0.15) is 0 Å². The first-order valence-corrected chi connectivity index (χ1v) is 8.75. The molecule has 0 aliphatic rings. The molecule has 0 aliphatic heterocycles. The number of aromatic nitrogens is 1. The standard InChI is InChI=1S/C18H20N2O3S/c1-3-18(2,10-11-21)20-16(22)13-8-9-14(23-13)17-19-12-6-4-5-7-15(12)24-17/h4-9,21H,3,10-11H2,1-2H3,(H,20,22). The molecular formula is C18H20N2O3S. The van der Waals surface area contributed by atoms with Crippen molar-refractivity contribution >= 4 is 27.5 Å². The van der Waals surface area contributed by atoms with Gasteiger partial charge >= 0.3 is 0 Å². The summed E-state index contributed by atoms with van der Waals surface area (Å²) in [5, 5.41) is 12.9. The van der Waals surface area contributed by atoms with Crippen LogP contribution in [-0.2, 0) is 0 Å². The SMILES string of the molecule is CCC(C)(CCO)NC(=O)c1ccc(-c2nc3ccccc3s2)o1. The Balaban J connectivity index is 1.81. The molecule has 3 rings (SSSR count). The predicted octanol–water partition coefficient (Wildman–Crippen LogP) is 3.84. The van der Waals surface area contributed by atoms with Crippen LogP contribution in [0.4, 0.5) is 0 Å². The van der Waals surface area contributed by atoms with Crippen molar-refractivity contribution in [3.8, 4) is 10.8 Å². The zero-order valence-corrected chi connectivity index (χ0v) is 14.5. The molecule has 0 saturated carbocycles. The van der Waals surface area contributed by atoms with Gasteiger partial charge in [-0.1, -0.05) is 19.1 Å². The van der Waals surface area contributed by atoms with Crippen LogP contribution in [0, 0.1) is 0 Å². The number of aliphatic hydroxyl groups is 1. The Morgan fingerprint density at radius 2 is 2.12 bits per heavy atom. The number of benzene rings is 1. The summed E-state index contributed by atoms with van der Waals surface area (Å²) < 4.78 is 6.78. The molecule has 126 valence electrons. The lowest BCUT2D eigenvalue weighted by Gasteiger charge is -2.28. The number of amides is 1. The summed E-state index contributed by atoms with van der Waals surface area (Å²) in [5.74, 6) is 0.559. The number of thiazole rings is 1. The van der Waals surface area contributed by atoms with Crippen LogP contribution >= 0.6 is 11.3 Å². The Hall–Kier alpha value is -2.18. The third kappa shape index (κ3) is 3.34. The third-order valence-electron chi connectivity index (χ3n) is 4.19. The van der Waals surface area contributed by atoms with E-state index in [4.69, 9.17) is 9.52 Å². The molecule has 0 radical (unpaired) electrons. The number of hydrogen-bond donors (Lipinski definition) is 2. The first-order chi connectivity index (χ1) is 11.5. The van der Waals surface area contributed by atoms with E-state index in [-0.39, 0.29) is 18.3 Å². The Morgan fingerprint density at radius 3 is 2.83 bits per heavy atom. The second-order valence-electron chi connectivity index (χ2n) is 5.99. The quantitative estimate of drug-likeness (QED) is 0.712. The second kappa shape index (κ2) is 6.75. The largest absolute Gasteiger partial charge is 0.448 e. The number of nitrogens with zero attached hydrogens (tertiary/aromatic N) is 1. The number of fused-ring (bicyclic) bond motifs is 1. The minimum absolute atomic E-state index is 0.0275. The molecule has 1 amide bonds. The molecule has 0 saturated heterocycles. The minimum Gasteiger partial charge on any atom is -0.448 e. The molecule has 6 heteroatoms. The lowest BCUT2D eigenvalue weighted by molar-refractivity contribution is 0.0858. The van der Waals surface area contributed by atoms with Gasteiger partial charge in [-0.2, -0.15) is 0 Å². The zero-order valence-electron chi connectivity index (χ0n) is 13.7. The van der Waals surface area contributed by atoms with Crippen molar-refractivity contribution in [2.24, 2.45) is 0 Å². The average Bonchev–Trinajstić information content (AvgIpc) is 3.21. The van der Waals surface area contributed by atoms with E-state index in [1.807, 2.05) is 38.1 Å². The van der Waals surface area contributed by atoms with Crippen LogP contribution in [0.5, 0.6) is 0 Å². The first kappa shape index (κ1) is 16.7. The Kier molecular flexibility index (Phi) is 4.69. The van der Waals surface area contributed by atoms with Crippen LogP contribution < -0.4 is 5.32 Å². The monoisotopic (exact) mass is 344 g/mol. The predicted molar refractivity (Wildman–Crippen MR) is 95.2 cm³/mol. The second-order valence-corrected chi connectivity index (χ2v) is 7.02.